The lowest BCUT2D eigenvalue weighted by Gasteiger charge is -2.38. The van der Waals surface area contributed by atoms with Gasteiger partial charge in [-0.15, -0.1) is 0 Å². The minimum Gasteiger partial charge on any atom is -0.309 e. The van der Waals surface area contributed by atoms with Gasteiger partial charge >= 0.3 is 0 Å². The molecule has 0 aromatic heterocycles. The topological polar surface area (TPSA) is 6.48 Å². The second kappa shape index (κ2) is 19.8. The number of nitrogens with zero attached hydrogens (tertiary/aromatic N) is 2. The van der Waals surface area contributed by atoms with E-state index in [0.29, 0.717) is 21.9 Å². The predicted molar refractivity (Wildman–Crippen MR) is 292 cm³/mol. The Kier molecular flexibility index (Phi) is 13.1. The van der Waals surface area contributed by atoms with Crippen molar-refractivity contribution in [3.05, 3.63) is 240 Å². The number of rotatable bonds is 11. The van der Waals surface area contributed by atoms with Crippen molar-refractivity contribution in [3.8, 4) is 44.5 Å². The lowest BCUT2D eigenvalue weighted by molar-refractivity contribution is 0.169. The standard InChI is InChI=1S/C64H56Cl2N2/c1-64(2,3)51-38-36-45(37-39-51)50-40-56(67(54-30-16-28-52(65)42-54)62-58(46-20-8-4-9-21-46)32-18-33-59(62)47-22-10-5-11-23-47)44-57(41-50)68(55-31-17-29-53(66)43-55)63-60(48-24-12-6-13-25-48)34-19-35-61(63)49-26-14-7-15-27-49/h4-35,40-45,51H,36-39H2,1-3H3. The van der Waals surface area contributed by atoms with Crippen molar-refractivity contribution in [2.24, 2.45) is 11.3 Å². The summed E-state index contributed by atoms with van der Waals surface area (Å²) < 4.78 is 0. The molecule has 4 heteroatoms. The third kappa shape index (κ3) is 9.50. The van der Waals surface area contributed by atoms with Gasteiger partial charge in [-0.3, -0.25) is 0 Å². The first-order valence-electron chi connectivity index (χ1n) is 23.9. The van der Waals surface area contributed by atoms with Crippen LogP contribution in [0.1, 0.15) is 57.9 Å². The Morgan fingerprint density at radius 2 is 0.691 bits per heavy atom. The van der Waals surface area contributed by atoms with Crippen LogP contribution in [0.3, 0.4) is 0 Å². The molecule has 1 fully saturated rings. The fraction of sp³-hybridized carbons (Fsp3) is 0.156. The van der Waals surface area contributed by atoms with E-state index in [-0.39, 0.29) is 5.41 Å². The zero-order valence-electron chi connectivity index (χ0n) is 39.0. The maximum atomic E-state index is 7.04. The van der Waals surface area contributed by atoms with Gasteiger partial charge in [-0.2, -0.15) is 0 Å². The van der Waals surface area contributed by atoms with Gasteiger partial charge in [0.05, 0.1) is 11.4 Å². The van der Waals surface area contributed by atoms with E-state index in [9.17, 15) is 0 Å². The van der Waals surface area contributed by atoms with Crippen molar-refractivity contribution in [1.82, 2.24) is 0 Å². The molecule has 0 aliphatic heterocycles. The van der Waals surface area contributed by atoms with E-state index in [1.807, 2.05) is 12.1 Å². The van der Waals surface area contributed by atoms with E-state index in [1.165, 1.54) is 18.4 Å². The Morgan fingerprint density at radius 3 is 1.01 bits per heavy atom. The second-order valence-electron chi connectivity index (χ2n) is 19.2. The molecule has 0 atom stereocenters. The molecule has 0 amide bonds. The first kappa shape index (κ1) is 45.0. The highest BCUT2D eigenvalue weighted by Crippen LogP contribution is 2.53. The molecule has 0 spiro atoms. The summed E-state index contributed by atoms with van der Waals surface area (Å²) in [6.45, 7) is 7.22. The highest BCUT2D eigenvalue weighted by molar-refractivity contribution is 6.31. The summed E-state index contributed by atoms with van der Waals surface area (Å²) in [6, 6.07) is 80.5. The van der Waals surface area contributed by atoms with E-state index in [1.54, 1.807) is 0 Å². The molecule has 1 saturated carbocycles. The van der Waals surface area contributed by atoms with Crippen molar-refractivity contribution >= 4 is 57.3 Å². The van der Waals surface area contributed by atoms with Crippen LogP contribution in [-0.2, 0) is 0 Å². The van der Waals surface area contributed by atoms with Gasteiger partial charge in [0, 0.05) is 55.0 Å². The maximum absolute atomic E-state index is 7.04. The van der Waals surface area contributed by atoms with Gasteiger partial charge in [0.25, 0.3) is 0 Å². The molecule has 2 nitrogen and oxygen atoms in total. The van der Waals surface area contributed by atoms with Crippen LogP contribution in [0.5, 0.6) is 0 Å². The minimum atomic E-state index is 0.259. The number of hydrogen-bond donors (Lipinski definition) is 0. The van der Waals surface area contributed by atoms with Gasteiger partial charge < -0.3 is 9.80 Å². The molecule has 336 valence electrons. The van der Waals surface area contributed by atoms with Crippen LogP contribution < -0.4 is 9.80 Å². The van der Waals surface area contributed by atoms with Crippen molar-refractivity contribution in [3.63, 3.8) is 0 Å². The fourth-order valence-electron chi connectivity index (χ4n) is 10.4. The Balaban J connectivity index is 1.31. The molecule has 9 aromatic rings. The number of anilines is 6. The van der Waals surface area contributed by atoms with Gasteiger partial charge in [-0.05, 0) is 125 Å². The van der Waals surface area contributed by atoms with Crippen LogP contribution in [0.4, 0.5) is 34.1 Å². The monoisotopic (exact) mass is 922 g/mol. The van der Waals surface area contributed by atoms with Crippen molar-refractivity contribution in [2.75, 3.05) is 9.80 Å². The quantitative estimate of drug-likeness (QED) is 0.128. The zero-order valence-corrected chi connectivity index (χ0v) is 40.5. The molecule has 68 heavy (non-hydrogen) atoms. The van der Waals surface area contributed by atoms with Crippen LogP contribution in [-0.4, -0.2) is 0 Å². The molecule has 1 aliphatic carbocycles. The summed E-state index contributed by atoms with van der Waals surface area (Å²) in [6.07, 6.45) is 4.61. The summed E-state index contributed by atoms with van der Waals surface area (Å²) >= 11 is 14.1. The van der Waals surface area contributed by atoms with Gasteiger partial charge in [0.2, 0.25) is 0 Å². The Labute approximate surface area is 413 Å². The fourth-order valence-corrected chi connectivity index (χ4v) is 10.8. The maximum Gasteiger partial charge on any atom is 0.0618 e. The number of halogens is 2. The Hall–Kier alpha value is -6.84. The molecular formula is C64H56Cl2N2. The van der Waals surface area contributed by atoms with Crippen LogP contribution in [0, 0.1) is 11.3 Å². The molecule has 0 saturated heterocycles. The second-order valence-corrected chi connectivity index (χ2v) is 20.1. The summed E-state index contributed by atoms with van der Waals surface area (Å²) in [5.74, 6) is 1.02. The number of benzene rings is 9. The molecule has 10 rings (SSSR count). The molecule has 0 radical (unpaired) electrons. The van der Waals surface area contributed by atoms with E-state index in [0.717, 1.165) is 91.5 Å². The molecule has 9 aromatic carbocycles. The van der Waals surface area contributed by atoms with E-state index >= 15 is 0 Å². The normalized spacial score (nSPS) is 14.9. The van der Waals surface area contributed by atoms with Gasteiger partial charge in [-0.25, -0.2) is 0 Å². The lowest BCUT2D eigenvalue weighted by atomic mass is 9.68. The predicted octanol–water partition coefficient (Wildman–Crippen LogP) is 19.9. The summed E-state index contributed by atoms with van der Waals surface area (Å²) in [4.78, 5) is 4.92. The third-order valence-electron chi connectivity index (χ3n) is 13.9. The first-order valence-corrected chi connectivity index (χ1v) is 24.7. The molecule has 0 bridgehead atoms. The number of para-hydroxylation sites is 2. The highest BCUT2D eigenvalue weighted by atomic mass is 35.5. The summed E-state index contributed by atoms with van der Waals surface area (Å²) in [7, 11) is 0. The summed E-state index contributed by atoms with van der Waals surface area (Å²) in [5.41, 5.74) is 16.8. The van der Waals surface area contributed by atoms with E-state index in [2.05, 4.69) is 243 Å². The molecule has 0 heterocycles. The van der Waals surface area contributed by atoms with Crippen LogP contribution >= 0.6 is 23.2 Å². The minimum absolute atomic E-state index is 0.259. The van der Waals surface area contributed by atoms with Crippen LogP contribution in [0.25, 0.3) is 44.5 Å². The van der Waals surface area contributed by atoms with Crippen LogP contribution in [0.2, 0.25) is 10.0 Å². The largest absolute Gasteiger partial charge is 0.309 e. The SMILES string of the molecule is CC(C)(C)C1CCC(c2cc(N(c3cccc(Cl)c3)c3c(-c4ccccc4)cccc3-c3ccccc3)cc(N(c3cccc(Cl)c3)c3c(-c4ccccc4)cccc3-c3ccccc3)c2)CC1. The molecule has 0 N–H and O–H groups in total. The average molecular weight is 924 g/mol. The van der Waals surface area contributed by atoms with E-state index < -0.39 is 0 Å². The number of hydrogen-bond acceptors (Lipinski definition) is 2. The summed E-state index contributed by atoms with van der Waals surface area (Å²) in [5, 5.41) is 1.35. The highest BCUT2D eigenvalue weighted by Gasteiger charge is 2.32. The first-order chi connectivity index (χ1) is 33.2. The zero-order chi connectivity index (χ0) is 46.6. The van der Waals surface area contributed by atoms with Crippen molar-refractivity contribution in [2.45, 2.75) is 52.4 Å². The van der Waals surface area contributed by atoms with E-state index in [4.69, 9.17) is 23.2 Å². The Morgan fingerprint density at radius 1 is 0.353 bits per heavy atom. The smallest absolute Gasteiger partial charge is 0.0618 e. The third-order valence-corrected chi connectivity index (χ3v) is 14.3. The van der Waals surface area contributed by atoms with Crippen LogP contribution in [0.15, 0.2) is 224 Å². The average Bonchev–Trinajstić information content (AvgIpc) is 3.37. The molecule has 0 unspecified atom stereocenters. The van der Waals surface area contributed by atoms with Gasteiger partial charge in [0.1, 0.15) is 0 Å². The van der Waals surface area contributed by atoms with Crippen molar-refractivity contribution in [1.29, 1.82) is 0 Å². The Bertz CT molecular complexity index is 2830. The van der Waals surface area contributed by atoms with Gasteiger partial charge in [-0.1, -0.05) is 214 Å². The lowest BCUT2D eigenvalue weighted by Crippen LogP contribution is -2.25. The van der Waals surface area contributed by atoms with Gasteiger partial charge in [0.15, 0.2) is 0 Å². The molecular weight excluding hydrogens is 868 g/mol. The molecule has 1 aliphatic rings. The van der Waals surface area contributed by atoms with Crippen molar-refractivity contribution < 1.29 is 0 Å².